The lowest BCUT2D eigenvalue weighted by molar-refractivity contribution is 0.616. The molecule has 0 spiro atoms. The highest BCUT2D eigenvalue weighted by Crippen LogP contribution is 2.42. The zero-order valence-electron chi connectivity index (χ0n) is 26.7. The number of aromatic nitrogens is 2. The smallest absolute Gasteiger partial charge is 0.259 e. The van der Waals surface area contributed by atoms with Crippen LogP contribution in [0, 0.1) is 23.3 Å². The molecule has 0 aliphatic carbocycles. The van der Waals surface area contributed by atoms with Crippen LogP contribution >= 0.6 is 0 Å². The number of rotatable bonds is 10. The van der Waals surface area contributed by atoms with Gasteiger partial charge in [0, 0.05) is 24.2 Å². The van der Waals surface area contributed by atoms with Gasteiger partial charge in [0.1, 0.15) is 23.3 Å². The first-order valence-corrected chi connectivity index (χ1v) is 16.1. The predicted molar refractivity (Wildman–Crippen MR) is 184 cm³/mol. The van der Waals surface area contributed by atoms with Crippen LogP contribution in [-0.2, 0) is 13.1 Å². The van der Waals surface area contributed by atoms with Crippen LogP contribution in [-0.4, -0.2) is 9.13 Å². The van der Waals surface area contributed by atoms with Crippen molar-refractivity contribution >= 4 is 10.8 Å². The van der Waals surface area contributed by atoms with E-state index in [1.54, 1.807) is 57.7 Å². The summed E-state index contributed by atoms with van der Waals surface area (Å²) in [6.07, 6.45) is 2.74. The second kappa shape index (κ2) is 13.9. The van der Waals surface area contributed by atoms with Crippen LogP contribution in [0.2, 0.25) is 0 Å². The van der Waals surface area contributed by atoms with Gasteiger partial charge in [-0.3, -0.25) is 9.59 Å². The van der Waals surface area contributed by atoms with Crippen molar-refractivity contribution in [3.8, 4) is 44.8 Å². The van der Waals surface area contributed by atoms with Crippen LogP contribution in [0.4, 0.5) is 17.6 Å². The number of pyridine rings is 2. The minimum Gasteiger partial charge on any atom is -0.307 e. The van der Waals surface area contributed by atoms with Crippen LogP contribution in [0.25, 0.3) is 55.5 Å². The maximum atomic E-state index is 15.1. The largest absolute Gasteiger partial charge is 0.307 e. The van der Waals surface area contributed by atoms with E-state index in [0.717, 1.165) is 12.8 Å². The second-order valence-electron chi connectivity index (χ2n) is 11.8. The topological polar surface area (TPSA) is 44.0 Å². The normalized spacial score (nSPS) is 11.4. The molecule has 2 aromatic heterocycles. The molecule has 0 bridgehead atoms. The molecular weight excluding hydrogens is 616 g/mol. The predicted octanol–water partition coefficient (Wildman–Crippen LogP) is 9.99. The van der Waals surface area contributed by atoms with Crippen LogP contribution in [0.5, 0.6) is 0 Å². The number of nitrogens with zero attached hydrogens (tertiary/aromatic N) is 2. The minimum absolute atomic E-state index is 0.111. The molecule has 8 heteroatoms. The molecule has 0 atom stereocenters. The molecule has 6 rings (SSSR count). The average molecular weight is 651 g/mol. The van der Waals surface area contributed by atoms with Crippen molar-refractivity contribution in [2.24, 2.45) is 0 Å². The van der Waals surface area contributed by atoms with Gasteiger partial charge in [-0.2, -0.15) is 0 Å². The zero-order chi connectivity index (χ0) is 33.9. The molecule has 0 saturated carbocycles. The third-order valence-electron chi connectivity index (χ3n) is 8.65. The first kappa shape index (κ1) is 32.7. The van der Waals surface area contributed by atoms with Gasteiger partial charge >= 0.3 is 0 Å². The van der Waals surface area contributed by atoms with Crippen molar-refractivity contribution in [2.75, 3.05) is 0 Å². The van der Waals surface area contributed by atoms with Crippen molar-refractivity contribution in [1.29, 1.82) is 0 Å². The van der Waals surface area contributed by atoms with Crippen LogP contribution in [0.3, 0.4) is 0 Å². The molecule has 0 fully saturated rings. The highest BCUT2D eigenvalue weighted by atomic mass is 19.1. The molecule has 4 aromatic carbocycles. The number of hydrogen-bond acceptors (Lipinski definition) is 2. The fraction of sp³-hybridized carbons (Fsp3) is 0.200. The number of halogens is 4. The van der Waals surface area contributed by atoms with Crippen LogP contribution in [0.1, 0.15) is 39.5 Å². The molecule has 0 amide bonds. The second-order valence-corrected chi connectivity index (χ2v) is 11.8. The van der Waals surface area contributed by atoms with Crippen LogP contribution in [0.15, 0.2) is 107 Å². The Balaban J connectivity index is 1.94. The molecule has 2 heterocycles. The summed E-state index contributed by atoms with van der Waals surface area (Å²) in [7, 11) is 0. The van der Waals surface area contributed by atoms with Gasteiger partial charge in [0.2, 0.25) is 0 Å². The van der Waals surface area contributed by atoms with Crippen molar-refractivity contribution in [3.05, 3.63) is 141 Å². The molecule has 48 heavy (non-hydrogen) atoms. The Hall–Kier alpha value is -5.24. The number of hydrogen-bond donors (Lipinski definition) is 0. The van der Waals surface area contributed by atoms with Gasteiger partial charge in [0.25, 0.3) is 11.1 Å². The van der Waals surface area contributed by atoms with Crippen molar-refractivity contribution in [1.82, 2.24) is 9.13 Å². The first-order chi connectivity index (χ1) is 23.2. The molecule has 6 aromatic rings. The van der Waals surface area contributed by atoms with Gasteiger partial charge in [-0.25, -0.2) is 17.6 Å². The lowest BCUT2D eigenvalue weighted by Crippen LogP contribution is -2.30. The van der Waals surface area contributed by atoms with E-state index in [9.17, 15) is 17.6 Å². The van der Waals surface area contributed by atoms with E-state index in [1.807, 2.05) is 13.8 Å². The maximum Gasteiger partial charge on any atom is 0.259 e. The Bertz CT molecular complexity index is 2040. The van der Waals surface area contributed by atoms with E-state index in [-0.39, 0.29) is 23.9 Å². The SMILES string of the molecule is CCCCn1c(-c2ccc(F)cc2)c(-c2ccc(F)cc2)c2c(=O)n(CCCC)c(-c3ccc(F)cc3)c(-c3ccc(F)cc3)c2c1=O. The Morgan fingerprint density at radius 2 is 0.708 bits per heavy atom. The summed E-state index contributed by atoms with van der Waals surface area (Å²) in [4.78, 5) is 30.1. The van der Waals surface area contributed by atoms with Gasteiger partial charge in [-0.1, -0.05) is 51.0 Å². The molecule has 4 nitrogen and oxygen atoms in total. The summed E-state index contributed by atoms with van der Waals surface area (Å²) in [5, 5.41) is 0.222. The van der Waals surface area contributed by atoms with E-state index in [4.69, 9.17) is 0 Å². The first-order valence-electron chi connectivity index (χ1n) is 16.1. The minimum atomic E-state index is -0.475. The average Bonchev–Trinajstić information content (AvgIpc) is 3.09. The fourth-order valence-corrected chi connectivity index (χ4v) is 6.33. The molecule has 0 radical (unpaired) electrons. The third-order valence-corrected chi connectivity index (χ3v) is 8.65. The number of unbranched alkanes of at least 4 members (excludes halogenated alkanes) is 2. The van der Waals surface area contributed by atoms with Crippen molar-refractivity contribution < 1.29 is 17.6 Å². The van der Waals surface area contributed by atoms with Gasteiger partial charge in [0.05, 0.1) is 22.2 Å². The van der Waals surface area contributed by atoms with Crippen molar-refractivity contribution in [2.45, 2.75) is 52.6 Å². The Labute approximate surface area is 275 Å². The van der Waals surface area contributed by atoms with E-state index in [0.29, 0.717) is 57.6 Å². The molecule has 0 aliphatic heterocycles. The summed E-state index contributed by atoms with van der Waals surface area (Å²) >= 11 is 0. The highest BCUT2D eigenvalue weighted by Gasteiger charge is 2.29. The molecule has 0 unspecified atom stereocenters. The standard InChI is InChI=1S/C40H34F4N2O2/c1-3-5-23-45-37(27-11-19-31(43)20-12-27)33(25-7-15-29(41)16-8-25)36-35(39(45)47)34(26-9-17-30(42)18-10-26)38(28-13-21-32(44)22-14-28)46(40(36)48)24-6-4-2/h7-22H,3-6,23-24H2,1-2H3. The molecule has 0 aliphatic rings. The number of benzene rings is 4. The van der Waals surface area contributed by atoms with E-state index in [1.165, 1.54) is 48.5 Å². The summed E-state index contributed by atoms with van der Waals surface area (Å²) < 4.78 is 60.4. The highest BCUT2D eigenvalue weighted by molar-refractivity contribution is 6.10. The van der Waals surface area contributed by atoms with Gasteiger partial charge in [0.15, 0.2) is 0 Å². The van der Waals surface area contributed by atoms with Gasteiger partial charge in [-0.05, 0) is 108 Å². The molecule has 0 saturated heterocycles. The summed E-state index contributed by atoms with van der Waals surface area (Å²) in [6, 6.07) is 22.9. The summed E-state index contributed by atoms with van der Waals surface area (Å²) in [5.74, 6) is -1.88. The monoisotopic (exact) mass is 650 g/mol. The summed E-state index contributed by atoms with van der Waals surface area (Å²) in [5.41, 5.74) is 2.71. The molecular formula is C40H34F4N2O2. The Morgan fingerprint density at radius 3 is 0.979 bits per heavy atom. The fourth-order valence-electron chi connectivity index (χ4n) is 6.33. The van der Waals surface area contributed by atoms with Crippen LogP contribution < -0.4 is 11.1 Å². The maximum absolute atomic E-state index is 15.1. The van der Waals surface area contributed by atoms with E-state index in [2.05, 4.69) is 0 Å². The lowest BCUT2D eigenvalue weighted by atomic mass is 9.88. The van der Waals surface area contributed by atoms with E-state index < -0.39 is 34.4 Å². The molecule has 0 N–H and O–H groups in total. The van der Waals surface area contributed by atoms with Gasteiger partial charge in [-0.15, -0.1) is 0 Å². The quantitative estimate of drug-likeness (QED) is 0.139. The van der Waals surface area contributed by atoms with Crippen molar-refractivity contribution in [3.63, 3.8) is 0 Å². The third kappa shape index (κ3) is 6.10. The van der Waals surface area contributed by atoms with Gasteiger partial charge < -0.3 is 9.13 Å². The number of fused-ring (bicyclic) bond motifs is 1. The van der Waals surface area contributed by atoms with E-state index >= 15 is 9.59 Å². The molecule has 244 valence electrons. The summed E-state index contributed by atoms with van der Waals surface area (Å²) in [6.45, 7) is 4.54. The lowest BCUT2D eigenvalue weighted by Gasteiger charge is -2.25. The Kier molecular flexibility index (Phi) is 9.44. The Morgan fingerprint density at radius 1 is 0.438 bits per heavy atom. The zero-order valence-corrected chi connectivity index (χ0v) is 26.7.